The molecule has 0 saturated carbocycles. The van der Waals surface area contributed by atoms with E-state index in [1.807, 2.05) is 114 Å². The van der Waals surface area contributed by atoms with Crippen molar-refractivity contribution in [2.45, 2.75) is 0 Å². The van der Waals surface area contributed by atoms with Crippen LogP contribution in [0.3, 0.4) is 0 Å². The van der Waals surface area contributed by atoms with Crippen molar-refractivity contribution in [3.8, 4) is 55.9 Å². The van der Waals surface area contributed by atoms with Crippen LogP contribution in [0.4, 0.5) is 0 Å². The Kier molecular flexibility index (Phi) is 10.1. The molecule has 12 heteroatoms. The summed E-state index contributed by atoms with van der Waals surface area (Å²) < 4.78 is 4.01. The highest BCUT2D eigenvalue weighted by Crippen LogP contribution is 2.39. The number of rotatable bonds is 6. The van der Waals surface area contributed by atoms with Crippen LogP contribution in [0.2, 0.25) is 0 Å². The summed E-state index contributed by atoms with van der Waals surface area (Å²) in [6, 6.07) is 52.7. The molecule has 11 aromatic rings. The van der Waals surface area contributed by atoms with Gasteiger partial charge in [-0.15, -0.1) is 10.9 Å². The summed E-state index contributed by atoms with van der Waals surface area (Å²) in [6.07, 6.45) is 0. The van der Waals surface area contributed by atoms with Crippen molar-refractivity contribution in [1.29, 1.82) is 0 Å². The molecule has 0 bridgehead atoms. The van der Waals surface area contributed by atoms with Gasteiger partial charge in [-0.05, 0) is 80.2 Å². The molecule has 0 saturated heterocycles. The quantitative estimate of drug-likeness (QED) is 0.229. The lowest BCUT2D eigenvalue weighted by Gasteiger charge is -2.25. The third kappa shape index (κ3) is 6.17. The van der Waals surface area contributed by atoms with E-state index in [9.17, 15) is 0 Å². The number of nitrogens with zero attached hydrogens (tertiary/aromatic N) is 2. The van der Waals surface area contributed by atoms with E-state index in [2.05, 4.69) is 53.1 Å². The van der Waals surface area contributed by atoms with Crippen LogP contribution in [-0.4, -0.2) is 87.6 Å². The molecule has 0 N–H and O–H groups in total. The second-order valence-electron chi connectivity index (χ2n) is 16.6. The second kappa shape index (κ2) is 16.0. The van der Waals surface area contributed by atoms with Gasteiger partial charge < -0.3 is 9.13 Å². The predicted octanol–water partition coefficient (Wildman–Crippen LogP) is 2.49. The fourth-order valence-corrected chi connectivity index (χ4v) is 9.91. The average Bonchev–Trinajstić information content (AvgIpc) is 3.91. The Hall–Kier alpha value is -6.77. The average molecular weight is 811 g/mol. The first-order chi connectivity index (χ1) is 32.0. The van der Waals surface area contributed by atoms with Crippen LogP contribution in [0.25, 0.3) is 99.5 Å². The lowest BCUT2D eigenvalue weighted by atomic mass is 9.62. The topological polar surface area (TPSA) is 9.86 Å². The van der Waals surface area contributed by atoms with Gasteiger partial charge in [-0.3, -0.25) is 0 Å². The first kappa shape index (κ1) is 41.9. The largest absolute Gasteiger partial charge is 0.311 e. The smallest absolute Gasteiger partial charge is 0.115 e. The maximum atomic E-state index is 7.57. The third-order valence-electron chi connectivity index (χ3n) is 13.0. The van der Waals surface area contributed by atoms with Gasteiger partial charge in [0.05, 0.1) is 5.52 Å². The second-order valence-corrected chi connectivity index (χ2v) is 16.6. The summed E-state index contributed by atoms with van der Waals surface area (Å²) in [5, 5.41) is 2.40. The maximum absolute atomic E-state index is 7.57. The molecule has 0 aliphatic carbocycles. The molecule has 0 amide bonds. The predicted molar refractivity (Wildman–Crippen MR) is 291 cm³/mol. The van der Waals surface area contributed by atoms with E-state index in [-0.39, 0.29) is 49.2 Å². The SMILES string of the molecule is [B]c1c([B])c([B])c2c(c1[B])c1c([B])c(-c3c([B])c([B])c4c(c3[B])c3c(-c5ccccc5)cccc3n4-c3cccc(-c4ccccc4)c3)c([B])c([B])c1n2-c1cccc(-c2ccccc2)c1. The van der Waals surface area contributed by atoms with E-state index in [0.29, 0.717) is 55.0 Å². The summed E-state index contributed by atoms with van der Waals surface area (Å²) in [5.74, 6) is 0. The van der Waals surface area contributed by atoms with Crippen molar-refractivity contribution >= 4 is 177 Å². The Labute approximate surface area is 397 Å². The van der Waals surface area contributed by atoms with Crippen LogP contribution in [0.5, 0.6) is 0 Å². The number of hydrogen-bond donors (Lipinski definition) is 0. The minimum absolute atomic E-state index is 0.107. The Morgan fingerprint density at radius 2 is 0.636 bits per heavy atom. The Morgan fingerprint density at radius 3 is 1.15 bits per heavy atom. The lowest BCUT2D eigenvalue weighted by Crippen LogP contribution is -2.48. The van der Waals surface area contributed by atoms with Crippen molar-refractivity contribution in [1.82, 2.24) is 9.13 Å². The highest BCUT2D eigenvalue weighted by atomic mass is 15.0. The third-order valence-corrected chi connectivity index (χ3v) is 13.0. The van der Waals surface area contributed by atoms with Gasteiger partial charge in [-0.1, -0.05) is 171 Å². The fraction of sp³-hybridized carbons (Fsp3) is 0. The number of benzene rings is 9. The minimum atomic E-state index is 0.107. The van der Waals surface area contributed by atoms with Crippen molar-refractivity contribution in [2.75, 3.05) is 0 Å². The van der Waals surface area contributed by atoms with Crippen molar-refractivity contribution in [3.05, 3.63) is 158 Å². The van der Waals surface area contributed by atoms with Gasteiger partial charge in [0.1, 0.15) is 78.5 Å². The highest BCUT2D eigenvalue weighted by Gasteiger charge is 2.28. The van der Waals surface area contributed by atoms with E-state index in [1.54, 1.807) is 0 Å². The monoisotopic (exact) mass is 812 g/mol. The summed E-state index contributed by atoms with van der Waals surface area (Å²) in [5.41, 5.74) is 12.3. The van der Waals surface area contributed by atoms with E-state index in [4.69, 9.17) is 78.5 Å². The molecule has 66 heavy (non-hydrogen) atoms. The standard InChI is InChI=1S/C54H26B10N2/c55-42-37(38-43(56)40-41-46(59)47(60)48(61)51(64)54(41)66(53(40)50(63)45(38)58)33-22-11-20-31(26-33)28-15-6-2-7-16-28)44(57)49(62)52-39(42)36-34(29-17-8-3-9-18-29)23-12-24-35(36)65(52)32-21-10-19-30(25-32)27-13-4-1-5-14-27/h1-26H. The number of fused-ring (bicyclic) bond motifs is 6. The Balaban J connectivity index is 1.27. The Morgan fingerprint density at radius 1 is 0.258 bits per heavy atom. The van der Waals surface area contributed by atoms with E-state index in [1.165, 1.54) is 0 Å². The minimum Gasteiger partial charge on any atom is -0.311 e. The summed E-state index contributed by atoms with van der Waals surface area (Å²) in [6.45, 7) is 0. The van der Waals surface area contributed by atoms with Gasteiger partial charge in [0.25, 0.3) is 0 Å². The lowest BCUT2D eigenvalue weighted by molar-refractivity contribution is 1.19. The zero-order valence-electron chi connectivity index (χ0n) is 35.7. The Bertz CT molecular complexity index is 3810. The highest BCUT2D eigenvalue weighted by molar-refractivity contribution is 6.70. The van der Waals surface area contributed by atoms with Crippen LogP contribution in [0, 0.1) is 0 Å². The first-order valence-corrected chi connectivity index (χ1v) is 21.3. The molecule has 11 rings (SSSR count). The zero-order chi connectivity index (χ0) is 45.7. The van der Waals surface area contributed by atoms with E-state index in [0.717, 1.165) is 50.0 Å². The van der Waals surface area contributed by atoms with Crippen LogP contribution >= 0.6 is 0 Å². The molecule has 2 heterocycles. The fourth-order valence-electron chi connectivity index (χ4n) is 9.91. The van der Waals surface area contributed by atoms with Crippen LogP contribution < -0.4 is 54.6 Å². The number of hydrogen-bond acceptors (Lipinski definition) is 0. The van der Waals surface area contributed by atoms with Crippen LogP contribution in [-0.2, 0) is 0 Å². The van der Waals surface area contributed by atoms with Crippen molar-refractivity contribution in [2.24, 2.45) is 0 Å². The molecule has 0 spiro atoms. The van der Waals surface area contributed by atoms with Crippen molar-refractivity contribution in [3.63, 3.8) is 0 Å². The summed E-state index contributed by atoms with van der Waals surface area (Å²) in [7, 11) is 71.2. The molecule has 0 unspecified atom stereocenters. The van der Waals surface area contributed by atoms with Gasteiger partial charge in [-0.2, -0.15) is 0 Å². The number of aromatic nitrogens is 2. The van der Waals surface area contributed by atoms with Crippen LogP contribution in [0.1, 0.15) is 0 Å². The first-order valence-electron chi connectivity index (χ1n) is 21.3. The van der Waals surface area contributed by atoms with Gasteiger partial charge in [-0.25, -0.2) is 0 Å². The summed E-state index contributed by atoms with van der Waals surface area (Å²) >= 11 is 0. The maximum Gasteiger partial charge on any atom is 0.115 e. The molecule has 20 radical (unpaired) electrons. The molecule has 0 aliphatic rings. The van der Waals surface area contributed by atoms with E-state index >= 15 is 0 Å². The molecule has 0 fully saturated rings. The van der Waals surface area contributed by atoms with Crippen LogP contribution in [0.15, 0.2) is 158 Å². The molecular formula is C54H26B10N2. The molecule has 9 aromatic carbocycles. The van der Waals surface area contributed by atoms with Crippen molar-refractivity contribution < 1.29 is 0 Å². The summed E-state index contributed by atoms with van der Waals surface area (Å²) in [4.78, 5) is 0. The molecule has 0 atom stereocenters. The molecule has 2 aromatic heterocycles. The van der Waals surface area contributed by atoms with Gasteiger partial charge in [0.2, 0.25) is 0 Å². The van der Waals surface area contributed by atoms with Gasteiger partial charge >= 0.3 is 0 Å². The molecule has 2 nitrogen and oxygen atoms in total. The molecule has 0 aliphatic heterocycles. The molecular weight excluding hydrogens is 785 g/mol. The van der Waals surface area contributed by atoms with E-state index < -0.39 is 0 Å². The van der Waals surface area contributed by atoms with Gasteiger partial charge in [0.15, 0.2) is 0 Å². The molecule has 282 valence electrons. The van der Waals surface area contributed by atoms with Gasteiger partial charge in [0, 0.05) is 44.1 Å². The zero-order valence-corrected chi connectivity index (χ0v) is 35.7. The normalized spacial score (nSPS) is 11.6.